The van der Waals surface area contributed by atoms with Gasteiger partial charge in [-0.1, -0.05) is 24.3 Å². The Hall–Kier alpha value is -1.01. The van der Waals surface area contributed by atoms with E-state index in [1.54, 1.807) is 18.9 Å². The van der Waals surface area contributed by atoms with Crippen molar-refractivity contribution in [2.24, 2.45) is 5.84 Å². The van der Waals surface area contributed by atoms with Gasteiger partial charge in [0.15, 0.2) is 0 Å². The second kappa shape index (κ2) is 7.69. The Bertz CT molecular complexity index is 548. The maximum absolute atomic E-state index is 5.67. The zero-order valence-electron chi connectivity index (χ0n) is 11.2. The highest BCUT2D eigenvalue weighted by Gasteiger charge is 2.11. The minimum absolute atomic E-state index is 0.0954. The van der Waals surface area contributed by atoms with Crippen LogP contribution in [0.2, 0.25) is 0 Å². The molecule has 5 heteroatoms. The molecule has 0 saturated heterocycles. The Morgan fingerprint density at radius 2 is 1.90 bits per heavy atom. The van der Waals surface area contributed by atoms with Gasteiger partial charge in [-0.2, -0.15) is 0 Å². The number of ether oxygens (including phenoxy) is 1. The van der Waals surface area contributed by atoms with Crippen molar-refractivity contribution in [1.29, 1.82) is 0 Å². The first-order chi connectivity index (χ1) is 9.74. The summed E-state index contributed by atoms with van der Waals surface area (Å²) in [7, 11) is 1.66. The van der Waals surface area contributed by atoms with Crippen molar-refractivity contribution in [3.8, 4) is 5.75 Å². The fraction of sp³-hybridized carbons (Fsp3) is 0.200. The molecule has 106 valence electrons. The molecule has 3 nitrogen and oxygen atoms in total. The van der Waals surface area contributed by atoms with Crippen LogP contribution in [-0.2, 0) is 0 Å². The van der Waals surface area contributed by atoms with Gasteiger partial charge in [0.1, 0.15) is 5.75 Å². The van der Waals surface area contributed by atoms with Crippen molar-refractivity contribution in [3.63, 3.8) is 0 Å². The van der Waals surface area contributed by atoms with Crippen LogP contribution in [0.4, 0.5) is 0 Å². The van der Waals surface area contributed by atoms with E-state index in [-0.39, 0.29) is 6.04 Å². The lowest BCUT2D eigenvalue weighted by Crippen LogP contribution is -2.29. The van der Waals surface area contributed by atoms with E-state index in [0.29, 0.717) is 0 Å². The predicted molar refractivity (Wildman–Crippen MR) is 87.9 cm³/mol. The van der Waals surface area contributed by atoms with Crippen LogP contribution in [0.5, 0.6) is 5.75 Å². The number of halogens is 1. The van der Waals surface area contributed by atoms with Crippen molar-refractivity contribution in [2.45, 2.75) is 10.9 Å². The third-order valence-corrected chi connectivity index (χ3v) is 5.08. The molecule has 0 aromatic heterocycles. The van der Waals surface area contributed by atoms with Gasteiger partial charge < -0.3 is 4.74 Å². The molecule has 0 saturated carbocycles. The molecule has 0 aliphatic carbocycles. The summed E-state index contributed by atoms with van der Waals surface area (Å²) in [5.74, 6) is 7.37. The van der Waals surface area contributed by atoms with E-state index in [1.165, 1.54) is 4.90 Å². The van der Waals surface area contributed by atoms with Crippen LogP contribution in [0.3, 0.4) is 0 Å². The van der Waals surface area contributed by atoms with Crippen molar-refractivity contribution < 1.29 is 4.74 Å². The second-order valence-corrected chi connectivity index (χ2v) is 6.15. The third-order valence-electron chi connectivity index (χ3n) is 2.96. The number of methoxy groups -OCH3 is 1. The Kier molecular flexibility index (Phi) is 5.91. The molecule has 0 bridgehead atoms. The highest BCUT2D eigenvalue weighted by Crippen LogP contribution is 2.30. The number of nitrogens with two attached hydrogens (primary N) is 1. The number of benzene rings is 2. The number of nitrogens with one attached hydrogen (secondary N) is 1. The highest BCUT2D eigenvalue weighted by atomic mass is 79.9. The van der Waals surface area contributed by atoms with Crippen LogP contribution >= 0.6 is 27.7 Å². The number of hydrogen-bond acceptors (Lipinski definition) is 4. The first-order valence-electron chi connectivity index (χ1n) is 6.22. The fourth-order valence-corrected chi connectivity index (χ4v) is 3.46. The molecule has 2 aromatic carbocycles. The average Bonchev–Trinajstić information content (AvgIpc) is 2.50. The van der Waals surface area contributed by atoms with E-state index >= 15 is 0 Å². The maximum atomic E-state index is 5.67. The lowest BCUT2D eigenvalue weighted by atomic mass is 10.1. The van der Waals surface area contributed by atoms with E-state index in [4.69, 9.17) is 10.6 Å². The van der Waals surface area contributed by atoms with Crippen LogP contribution in [0.1, 0.15) is 11.6 Å². The SMILES string of the molecule is COc1ccc(C(CSc2ccccc2Br)NN)cc1. The fourth-order valence-electron chi connectivity index (χ4n) is 1.81. The molecule has 1 unspecified atom stereocenters. The largest absolute Gasteiger partial charge is 0.497 e. The summed E-state index contributed by atoms with van der Waals surface area (Å²) in [5, 5.41) is 0. The summed E-state index contributed by atoms with van der Waals surface area (Å²) >= 11 is 5.32. The van der Waals surface area contributed by atoms with E-state index in [0.717, 1.165) is 21.5 Å². The second-order valence-electron chi connectivity index (χ2n) is 4.23. The molecule has 0 spiro atoms. The minimum atomic E-state index is 0.0954. The summed E-state index contributed by atoms with van der Waals surface area (Å²) in [6, 6.07) is 16.2. The highest BCUT2D eigenvalue weighted by molar-refractivity contribution is 9.10. The molecule has 0 aliphatic heterocycles. The molecule has 0 fully saturated rings. The summed E-state index contributed by atoms with van der Waals surface area (Å²) in [6.45, 7) is 0. The quantitative estimate of drug-likeness (QED) is 0.472. The summed E-state index contributed by atoms with van der Waals surface area (Å²) < 4.78 is 6.27. The van der Waals surface area contributed by atoms with Crippen LogP contribution in [-0.4, -0.2) is 12.9 Å². The summed E-state index contributed by atoms with van der Waals surface area (Å²) in [4.78, 5) is 1.21. The normalized spacial score (nSPS) is 12.2. The van der Waals surface area contributed by atoms with Gasteiger partial charge in [-0.15, -0.1) is 11.8 Å². The zero-order valence-corrected chi connectivity index (χ0v) is 13.6. The molecular weight excluding hydrogens is 336 g/mol. The van der Waals surface area contributed by atoms with Gasteiger partial charge in [0.25, 0.3) is 0 Å². The summed E-state index contributed by atoms with van der Waals surface area (Å²) in [6.07, 6.45) is 0. The Labute approximate surface area is 132 Å². The van der Waals surface area contributed by atoms with Crippen LogP contribution < -0.4 is 16.0 Å². The van der Waals surface area contributed by atoms with Crippen molar-refractivity contribution in [3.05, 3.63) is 58.6 Å². The van der Waals surface area contributed by atoms with Gasteiger partial charge >= 0.3 is 0 Å². The lowest BCUT2D eigenvalue weighted by molar-refractivity contribution is 0.414. The van der Waals surface area contributed by atoms with Crippen LogP contribution in [0, 0.1) is 0 Å². The van der Waals surface area contributed by atoms with E-state index < -0.39 is 0 Å². The smallest absolute Gasteiger partial charge is 0.118 e. The van der Waals surface area contributed by atoms with Crippen LogP contribution in [0.15, 0.2) is 57.9 Å². The van der Waals surface area contributed by atoms with Crippen LogP contribution in [0.25, 0.3) is 0 Å². The summed E-state index contributed by atoms with van der Waals surface area (Å²) in [5.41, 5.74) is 4.01. The molecular formula is C15H17BrN2OS. The molecule has 0 aliphatic rings. The van der Waals surface area contributed by atoms with Gasteiger partial charge in [0.05, 0.1) is 13.2 Å². The Morgan fingerprint density at radius 3 is 2.50 bits per heavy atom. The van der Waals surface area contributed by atoms with Gasteiger partial charge in [-0.3, -0.25) is 11.3 Å². The molecule has 2 rings (SSSR count). The molecule has 0 radical (unpaired) electrons. The van der Waals surface area contributed by atoms with E-state index in [1.807, 2.05) is 42.5 Å². The van der Waals surface area contributed by atoms with Gasteiger partial charge in [0, 0.05) is 15.1 Å². The molecule has 0 heterocycles. The first kappa shape index (κ1) is 15.4. The number of hydrazine groups is 1. The maximum Gasteiger partial charge on any atom is 0.118 e. The minimum Gasteiger partial charge on any atom is -0.497 e. The average molecular weight is 353 g/mol. The number of thioether (sulfide) groups is 1. The van der Waals surface area contributed by atoms with Crippen molar-refractivity contribution in [1.82, 2.24) is 5.43 Å². The van der Waals surface area contributed by atoms with Gasteiger partial charge in [-0.25, -0.2) is 0 Å². The van der Waals surface area contributed by atoms with Crippen molar-refractivity contribution in [2.75, 3.05) is 12.9 Å². The molecule has 2 aromatic rings. The van der Waals surface area contributed by atoms with Crippen molar-refractivity contribution >= 4 is 27.7 Å². The zero-order chi connectivity index (χ0) is 14.4. The molecule has 3 N–H and O–H groups in total. The lowest BCUT2D eigenvalue weighted by Gasteiger charge is -2.16. The van der Waals surface area contributed by atoms with Gasteiger partial charge in [0.2, 0.25) is 0 Å². The molecule has 0 amide bonds. The molecule has 20 heavy (non-hydrogen) atoms. The molecule has 1 atom stereocenters. The standard InChI is InChI=1S/C15H17BrN2OS/c1-19-12-8-6-11(7-9-12)14(18-17)10-20-15-5-3-2-4-13(15)16/h2-9,14,18H,10,17H2,1H3. The van der Waals surface area contributed by atoms with E-state index in [2.05, 4.69) is 27.4 Å². The monoisotopic (exact) mass is 352 g/mol. The number of hydrogen-bond donors (Lipinski definition) is 2. The topological polar surface area (TPSA) is 47.3 Å². The Morgan fingerprint density at radius 1 is 1.20 bits per heavy atom. The van der Waals surface area contributed by atoms with E-state index in [9.17, 15) is 0 Å². The first-order valence-corrected chi connectivity index (χ1v) is 8.00. The predicted octanol–water partition coefficient (Wildman–Crippen LogP) is 3.75. The number of rotatable bonds is 6. The van der Waals surface area contributed by atoms with Gasteiger partial charge in [-0.05, 0) is 45.8 Å². The Balaban J connectivity index is 2.03. The third kappa shape index (κ3) is 3.99.